The summed E-state index contributed by atoms with van der Waals surface area (Å²) in [5, 5.41) is 3.40. The Balaban J connectivity index is 2.23. The predicted octanol–water partition coefficient (Wildman–Crippen LogP) is 4.13. The third kappa shape index (κ3) is 4.23. The van der Waals surface area contributed by atoms with E-state index in [0.29, 0.717) is 27.8 Å². The Morgan fingerprint density at radius 1 is 1.27 bits per heavy atom. The van der Waals surface area contributed by atoms with Gasteiger partial charge in [-0.1, -0.05) is 23.7 Å². The van der Waals surface area contributed by atoms with Crippen molar-refractivity contribution >= 4 is 46.3 Å². The number of hydrogen-bond acceptors (Lipinski definition) is 2. The zero-order valence-corrected chi connectivity index (χ0v) is 13.4. The monoisotopic (exact) mass is 335 g/mol. The molecule has 2 aromatic rings. The number of rotatable bonds is 4. The van der Waals surface area contributed by atoms with Gasteiger partial charge >= 0.3 is 0 Å². The Kier molecular flexibility index (Phi) is 5.41. The number of hydrogen-bond donors (Lipinski definition) is 2. The van der Waals surface area contributed by atoms with Crippen LogP contribution in [0.4, 0.5) is 11.4 Å². The molecule has 0 fully saturated rings. The van der Waals surface area contributed by atoms with Crippen LogP contribution in [0.5, 0.6) is 0 Å². The molecule has 0 radical (unpaired) electrons. The van der Waals surface area contributed by atoms with Crippen LogP contribution >= 0.6 is 23.2 Å². The summed E-state index contributed by atoms with van der Waals surface area (Å²) in [6, 6.07) is 12.2. The number of aryl methyl sites for hydroxylation is 1. The molecule has 22 heavy (non-hydrogen) atoms. The van der Waals surface area contributed by atoms with Gasteiger partial charge in [-0.3, -0.25) is 4.79 Å². The van der Waals surface area contributed by atoms with Gasteiger partial charge in [-0.2, -0.15) is 0 Å². The summed E-state index contributed by atoms with van der Waals surface area (Å²) in [6.07, 6.45) is 0. The van der Waals surface area contributed by atoms with Crippen molar-refractivity contribution in [2.45, 2.75) is 6.92 Å². The average molecular weight is 336 g/mol. The van der Waals surface area contributed by atoms with Crippen molar-refractivity contribution < 1.29 is 4.79 Å². The van der Waals surface area contributed by atoms with Crippen LogP contribution in [0.3, 0.4) is 0 Å². The van der Waals surface area contributed by atoms with E-state index < -0.39 is 0 Å². The number of alkyl halides is 1. The van der Waals surface area contributed by atoms with E-state index in [2.05, 4.69) is 10.3 Å². The van der Waals surface area contributed by atoms with E-state index in [1.807, 2.05) is 13.0 Å². The van der Waals surface area contributed by atoms with Crippen LogP contribution < -0.4 is 11.1 Å². The third-order valence-corrected chi connectivity index (χ3v) is 3.47. The van der Waals surface area contributed by atoms with Gasteiger partial charge in [-0.25, -0.2) is 4.99 Å². The molecule has 0 saturated heterocycles. The molecule has 0 heterocycles. The molecular weight excluding hydrogens is 321 g/mol. The molecule has 0 aliphatic heterocycles. The first kappa shape index (κ1) is 16.3. The minimum absolute atomic E-state index is 0.137. The summed E-state index contributed by atoms with van der Waals surface area (Å²) in [6.45, 7) is 1.90. The summed E-state index contributed by atoms with van der Waals surface area (Å²) in [4.78, 5) is 16.4. The Hall–Kier alpha value is -2.04. The van der Waals surface area contributed by atoms with Crippen LogP contribution in [-0.2, 0) is 0 Å². The lowest BCUT2D eigenvalue weighted by Crippen LogP contribution is -2.13. The van der Waals surface area contributed by atoms with Gasteiger partial charge in [0.05, 0.1) is 11.6 Å². The number of carbonyl (C=O) groups excluding carboxylic acids is 1. The SMILES string of the molecule is Cc1ccc(Cl)cc1NC(=O)c1cccc(N=C(N)CCl)c1. The second-order valence-electron chi connectivity index (χ2n) is 4.70. The van der Waals surface area contributed by atoms with Gasteiger partial charge in [0.1, 0.15) is 5.84 Å². The molecule has 0 atom stereocenters. The fraction of sp³-hybridized carbons (Fsp3) is 0.125. The third-order valence-electron chi connectivity index (χ3n) is 2.97. The summed E-state index contributed by atoms with van der Waals surface area (Å²) >= 11 is 11.5. The molecule has 0 unspecified atom stereocenters. The normalized spacial score (nSPS) is 11.3. The predicted molar refractivity (Wildman–Crippen MR) is 92.6 cm³/mol. The molecule has 2 rings (SSSR count). The second kappa shape index (κ2) is 7.29. The van der Waals surface area contributed by atoms with E-state index in [1.165, 1.54) is 0 Å². The minimum atomic E-state index is -0.244. The standard InChI is InChI=1S/C16H15Cl2N3O/c1-10-5-6-12(18)8-14(10)21-16(22)11-3-2-4-13(7-11)20-15(19)9-17/h2-8H,9H2,1H3,(H2,19,20)(H,21,22). The Bertz CT molecular complexity index is 729. The second-order valence-corrected chi connectivity index (χ2v) is 5.40. The van der Waals surface area contributed by atoms with Gasteiger partial charge in [0, 0.05) is 16.3 Å². The molecule has 0 saturated carbocycles. The van der Waals surface area contributed by atoms with Gasteiger partial charge in [-0.05, 0) is 42.8 Å². The Morgan fingerprint density at radius 2 is 2.05 bits per heavy atom. The number of amidine groups is 1. The fourth-order valence-corrected chi connectivity index (χ4v) is 2.07. The molecule has 6 heteroatoms. The van der Waals surface area contributed by atoms with Gasteiger partial charge in [0.15, 0.2) is 0 Å². The van der Waals surface area contributed by atoms with Gasteiger partial charge in [-0.15, -0.1) is 11.6 Å². The van der Waals surface area contributed by atoms with Crippen LogP contribution in [-0.4, -0.2) is 17.6 Å². The molecule has 3 N–H and O–H groups in total. The van der Waals surface area contributed by atoms with Crippen LogP contribution in [0.2, 0.25) is 5.02 Å². The Labute approximate surface area is 139 Å². The number of aliphatic imine (C=N–C) groups is 1. The number of benzene rings is 2. The molecule has 4 nitrogen and oxygen atoms in total. The smallest absolute Gasteiger partial charge is 0.255 e. The molecule has 114 valence electrons. The number of nitrogens with one attached hydrogen (secondary N) is 1. The number of amides is 1. The maximum atomic E-state index is 12.3. The Morgan fingerprint density at radius 3 is 2.77 bits per heavy atom. The highest BCUT2D eigenvalue weighted by Gasteiger charge is 2.09. The van der Waals surface area contributed by atoms with Crippen LogP contribution in [0.25, 0.3) is 0 Å². The van der Waals surface area contributed by atoms with Crippen molar-refractivity contribution in [1.29, 1.82) is 0 Å². The minimum Gasteiger partial charge on any atom is -0.386 e. The topological polar surface area (TPSA) is 67.5 Å². The summed E-state index contributed by atoms with van der Waals surface area (Å²) < 4.78 is 0. The highest BCUT2D eigenvalue weighted by atomic mass is 35.5. The molecule has 0 aliphatic carbocycles. The summed E-state index contributed by atoms with van der Waals surface area (Å²) in [7, 11) is 0. The highest BCUT2D eigenvalue weighted by molar-refractivity contribution is 6.31. The van der Waals surface area contributed by atoms with Gasteiger partial charge < -0.3 is 11.1 Å². The molecular formula is C16H15Cl2N3O. The molecule has 0 aliphatic rings. The van der Waals surface area contributed by atoms with Crippen molar-refractivity contribution in [1.82, 2.24) is 0 Å². The molecule has 0 aromatic heterocycles. The molecule has 2 aromatic carbocycles. The zero-order valence-electron chi connectivity index (χ0n) is 11.9. The number of halogens is 2. The van der Waals surface area contributed by atoms with E-state index in [9.17, 15) is 4.79 Å². The number of nitrogens with two attached hydrogens (primary N) is 1. The van der Waals surface area contributed by atoms with Crippen molar-refractivity contribution in [2.24, 2.45) is 10.7 Å². The quantitative estimate of drug-likeness (QED) is 0.501. The molecule has 1 amide bonds. The van der Waals surface area contributed by atoms with Crippen LogP contribution in [0, 0.1) is 6.92 Å². The number of anilines is 1. The summed E-state index contributed by atoms with van der Waals surface area (Å²) in [5.74, 6) is 0.190. The lowest BCUT2D eigenvalue weighted by molar-refractivity contribution is 0.102. The van der Waals surface area contributed by atoms with E-state index in [0.717, 1.165) is 5.56 Å². The van der Waals surface area contributed by atoms with Gasteiger partial charge in [0.25, 0.3) is 5.91 Å². The van der Waals surface area contributed by atoms with E-state index >= 15 is 0 Å². The highest BCUT2D eigenvalue weighted by Crippen LogP contribution is 2.22. The van der Waals surface area contributed by atoms with Crippen molar-refractivity contribution in [3.05, 3.63) is 58.6 Å². The zero-order chi connectivity index (χ0) is 16.1. The largest absolute Gasteiger partial charge is 0.386 e. The lowest BCUT2D eigenvalue weighted by Gasteiger charge is -2.09. The van der Waals surface area contributed by atoms with E-state index in [1.54, 1.807) is 36.4 Å². The first-order valence-electron chi connectivity index (χ1n) is 6.56. The molecule has 0 spiro atoms. The van der Waals surface area contributed by atoms with E-state index in [4.69, 9.17) is 28.9 Å². The first-order chi connectivity index (χ1) is 10.5. The average Bonchev–Trinajstić information content (AvgIpc) is 2.51. The van der Waals surface area contributed by atoms with Crippen LogP contribution in [0.1, 0.15) is 15.9 Å². The number of carbonyl (C=O) groups is 1. The van der Waals surface area contributed by atoms with Crippen molar-refractivity contribution in [3.8, 4) is 0 Å². The number of nitrogens with zero attached hydrogens (tertiary/aromatic N) is 1. The van der Waals surface area contributed by atoms with Crippen molar-refractivity contribution in [2.75, 3.05) is 11.2 Å². The summed E-state index contributed by atoms with van der Waals surface area (Å²) in [5.41, 5.74) is 8.25. The maximum absolute atomic E-state index is 12.3. The fourth-order valence-electron chi connectivity index (χ4n) is 1.84. The van der Waals surface area contributed by atoms with Crippen molar-refractivity contribution in [3.63, 3.8) is 0 Å². The lowest BCUT2D eigenvalue weighted by atomic mass is 10.1. The maximum Gasteiger partial charge on any atom is 0.255 e. The van der Waals surface area contributed by atoms with E-state index in [-0.39, 0.29) is 11.8 Å². The molecule has 0 bridgehead atoms. The first-order valence-corrected chi connectivity index (χ1v) is 7.47. The van der Waals surface area contributed by atoms with Crippen LogP contribution in [0.15, 0.2) is 47.5 Å². The van der Waals surface area contributed by atoms with Gasteiger partial charge in [0.2, 0.25) is 0 Å².